The van der Waals surface area contributed by atoms with Crippen LogP contribution in [0.2, 0.25) is 0 Å². The second kappa shape index (κ2) is 6.29. The highest BCUT2D eigenvalue weighted by atomic mass is 32.2. The maximum Gasteiger partial charge on any atom is 0.228 e. The van der Waals surface area contributed by atoms with Crippen molar-refractivity contribution in [2.75, 3.05) is 26.0 Å². The van der Waals surface area contributed by atoms with E-state index in [9.17, 15) is 8.42 Å². The van der Waals surface area contributed by atoms with Crippen molar-refractivity contribution in [1.29, 1.82) is 0 Å². The molecular formula is C15H19N3O4S. The van der Waals surface area contributed by atoms with Crippen molar-refractivity contribution in [3.8, 4) is 17.1 Å². The summed E-state index contributed by atoms with van der Waals surface area (Å²) in [7, 11) is -1.53. The number of ether oxygens (including phenoxy) is 1. The van der Waals surface area contributed by atoms with Gasteiger partial charge in [-0.3, -0.25) is 0 Å². The van der Waals surface area contributed by atoms with Gasteiger partial charge in [-0.1, -0.05) is 11.2 Å². The number of methoxy groups -OCH3 is 1. The van der Waals surface area contributed by atoms with Gasteiger partial charge in [-0.05, 0) is 24.6 Å². The first-order valence-electron chi connectivity index (χ1n) is 7.39. The van der Waals surface area contributed by atoms with Crippen LogP contribution in [0.1, 0.15) is 11.5 Å². The van der Waals surface area contributed by atoms with Gasteiger partial charge >= 0.3 is 0 Å². The monoisotopic (exact) mass is 337 g/mol. The molecule has 0 saturated carbocycles. The minimum atomic E-state index is -3.11. The number of aromatic nitrogens is 2. The molecule has 2 heterocycles. The zero-order valence-corrected chi connectivity index (χ0v) is 13.9. The zero-order valence-electron chi connectivity index (χ0n) is 13.1. The number of nitrogens with zero attached hydrogens (tertiary/aromatic N) is 2. The van der Waals surface area contributed by atoms with Gasteiger partial charge in [0, 0.05) is 19.5 Å². The average Bonchev–Trinajstić information content (AvgIpc) is 2.97. The Kier molecular flexibility index (Phi) is 4.36. The molecule has 1 aliphatic heterocycles. The van der Waals surface area contributed by atoms with Crippen molar-refractivity contribution in [2.24, 2.45) is 0 Å². The van der Waals surface area contributed by atoms with Crippen LogP contribution in [-0.2, 0) is 16.3 Å². The highest BCUT2D eigenvalue weighted by Gasteiger charge is 2.30. The highest BCUT2D eigenvalue weighted by Crippen LogP contribution is 2.29. The summed E-state index contributed by atoms with van der Waals surface area (Å²) >= 11 is 0. The van der Waals surface area contributed by atoms with Crippen LogP contribution in [0.4, 0.5) is 0 Å². The second-order valence-electron chi connectivity index (χ2n) is 5.61. The van der Waals surface area contributed by atoms with Crippen LogP contribution in [0.5, 0.6) is 5.75 Å². The van der Waals surface area contributed by atoms with Gasteiger partial charge in [0.25, 0.3) is 0 Å². The second-order valence-corrected chi connectivity index (χ2v) is 8.01. The standard InChI is InChI=1S/C15H19N3O4S/c1-10-3-4-12(13(7-10)21-2)15-17-14(22-18-15)8-11-9-16-5-6-23(11,19)20/h3-4,7,11,16H,5-6,8-9H2,1-2H3. The van der Waals surface area contributed by atoms with E-state index in [4.69, 9.17) is 9.26 Å². The van der Waals surface area contributed by atoms with Crippen molar-refractivity contribution in [3.05, 3.63) is 29.7 Å². The summed E-state index contributed by atoms with van der Waals surface area (Å²) in [5, 5.41) is 6.52. The van der Waals surface area contributed by atoms with Crippen molar-refractivity contribution in [1.82, 2.24) is 15.5 Å². The lowest BCUT2D eigenvalue weighted by molar-refractivity contribution is 0.373. The molecule has 0 aliphatic carbocycles. The molecule has 1 atom stereocenters. The van der Waals surface area contributed by atoms with Gasteiger partial charge in [0.1, 0.15) is 5.75 Å². The van der Waals surface area contributed by atoms with E-state index < -0.39 is 15.1 Å². The number of nitrogens with one attached hydrogen (secondary N) is 1. The maximum absolute atomic E-state index is 12.1. The van der Waals surface area contributed by atoms with Crippen molar-refractivity contribution in [3.63, 3.8) is 0 Å². The molecule has 1 fully saturated rings. The fourth-order valence-corrected chi connectivity index (χ4v) is 4.13. The Morgan fingerprint density at radius 3 is 3.00 bits per heavy atom. The Hall–Kier alpha value is -1.93. The number of rotatable bonds is 4. The number of sulfone groups is 1. The molecule has 1 aliphatic rings. The van der Waals surface area contributed by atoms with Crippen LogP contribution >= 0.6 is 0 Å². The number of aryl methyl sites for hydroxylation is 1. The molecule has 1 aromatic heterocycles. The molecule has 0 bridgehead atoms. The van der Waals surface area contributed by atoms with E-state index >= 15 is 0 Å². The van der Waals surface area contributed by atoms with E-state index in [-0.39, 0.29) is 12.2 Å². The molecule has 0 spiro atoms. The lowest BCUT2D eigenvalue weighted by Crippen LogP contribution is -2.45. The van der Waals surface area contributed by atoms with Crippen LogP contribution < -0.4 is 10.1 Å². The normalized spacial score (nSPS) is 20.3. The minimum Gasteiger partial charge on any atom is -0.496 e. The molecule has 1 aromatic carbocycles. The predicted octanol–water partition coefficient (Wildman–Crippen LogP) is 0.983. The smallest absolute Gasteiger partial charge is 0.228 e. The average molecular weight is 337 g/mol. The van der Waals surface area contributed by atoms with Gasteiger partial charge in [0.2, 0.25) is 11.7 Å². The molecular weight excluding hydrogens is 318 g/mol. The highest BCUT2D eigenvalue weighted by molar-refractivity contribution is 7.92. The fourth-order valence-electron chi connectivity index (χ4n) is 2.60. The lowest BCUT2D eigenvalue weighted by atomic mass is 10.1. The minimum absolute atomic E-state index is 0.143. The fraction of sp³-hybridized carbons (Fsp3) is 0.467. The first-order valence-corrected chi connectivity index (χ1v) is 9.11. The van der Waals surface area contributed by atoms with Gasteiger partial charge in [-0.25, -0.2) is 8.42 Å². The summed E-state index contributed by atoms with van der Waals surface area (Å²) in [6.45, 7) is 2.87. The Morgan fingerprint density at radius 2 is 2.26 bits per heavy atom. The van der Waals surface area contributed by atoms with Gasteiger partial charge in [0.15, 0.2) is 9.84 Å². The van der Waals surface area contributed by atoms with Crippen molar-refractivity contribution >= 4 is 9.84 Å². The molecule has 0 radical (unpaired) electrons. The van der Waals surface area contributed by atoms with E-state index in [1.54, 1.807) is 7.11 Å². The van der Waals surface area contributed by atoms with Crippen LogP contribution in [0.3, 0.4) is 0 Å². The number of benzene rings is 1. The molecule has 0 amide bonds. The first-order chi connectivity index (χ1) is 11.0. The molecule has 3 rings (SSSR count). The molecule has 124 valence electrons. The van der Waals surface area contributed by atoms with Gasteiger partial charge in [0.05, 0.1) is 23.7 Å². The largest absolute Gasteiger partial charge is 0.496 e. The van der Waals surface area contributed by atoms with E-state index in [1.165, 1.54) is 0 Å². The summed E-state index contributed by atoms with van der Waals surface area (Å²) in [4.78, 5) is 4.33. The third kappa shape index (κ3) is 3.37. The first kappa shape index (κ1) is 15.9. The zero-order chi connectivity index (χ0) is 16.4. The number of hydrogen-bond donors (Lipinski definition) is 1. The summed E-state index contributed by atoms with van der Waals surface area (Å²) in [5.41, 5.74) is 1.78. The van der Waals surface area contributed by atoms with E-state index in [2.05, 4.69) is 15.5 Å². The SMILES string of the molecule is COc1cc(C)ccc1-c1noc(CC2CNCCS2(=O)=O)n1. The summed E-state index contributed by atoms with van der Waals surface area (Å²) in [5.74, 6) is 1.52. The number of hydrogen-bond acceptors (Lipinski definition) is 7. The lowest BCUT2D eigenvalue weighted by Gasteiger charge is -2.21. The quantitative estimate of drug-likeness (QED) is 0.889. The third-order valence-corrected chi connectivity index (χ3v) is 6.03. The molecule has 8 heteroatoms. The van der Waals surface area contributed by atoms with Gasteiger partial charge < -0.3 is 14.6 Å². The Morgan fingerprint density at radius 1 is 1.43 bits per heavy atom. The molecule has 1 N–H and O–H groups in total. The van der Waals surface area contributed by atoms with Crippen molar-refractivity contribution < 1.29 is 17.7 Å². The van der Waals surface area contributed by atoms with Crippen LogP contribution in [0.15, 0.2) is 22.7 Å². The molecule has 1 saturated heterocycles. The summed E-state index contributed by atoms with van der Waals surface area (Å²) in [6, 6.07) is 5.69. The van der Waals surface area contributed by atoms with Crippen LogP contribution in [-0.4, -0.2) is 49.8 Å². The Bertz CT molecular complexity index is 801. The van der Waals surface area contributed by atoms with E-state index in [0.717, 1.165) is 11.1 Å². The third-order valence-electron chi connectivity index (χ3n) is 3.91. The van der Waals surface area contributed by atoms with Crippen molar-refractivity contribution in [2.45, 2.75) is 18.6 Å². The topological polar surface area (TPSA) is 94.3 Å². The molecule has 23 heavy (non-hydrogen) atoms. The summed E-state index contributed by atoms with van der Waals surface area (Å²) < 4.78 is 34.7. The Labute approximate surface area is 135 Å². The molecule has 1 unspecified atom stereocenters. The van der Waals surface area contributed by atoms with Crippen LogP contribution in [0.25, 0.3) is 11.4 Å². The molecule has 7 nitrogen and oxygen atoms in total. The summed E-state index contributed by atoms with van der Waals surface area (Å²) in [6.07, 6.45) is 0.219. The Balaban J connectivity index is 1.84. The van der Waals surface area contributed by atoms with Gasteiger partial charge in [-0.2, -0.15) is 4.98 Å². The van der Waals surface area contributed by atoms with Gasteiger partial charge in [-0.15, -0.1) is 0 Å². The van der Waals surface area contributed by atoms with Crippen LogP contribution in [0, 0.1) is 6.92 Å². The van der Waals surface area contributed by atoms with E-state index in [0.29, 0.717) is 30.6 Å². The van der Waals surface area contributed by atoms with E-state index in [1.807, 2.05) is 25.1 Å². The molecule has 2 aromatic rings. The maximum atomic E-state index is 12.1. The predicted molar refractivity (Wildman–Crippen MR) is 85.2 cm³/mol.